The van der Waals surface area contributed by atoms with E-state index in [1.54, 1.807) is 17.4 Å². The van der Waals surface area contributed by atoms with Gasteiger partial charge in [0.25, 0.3) is 5.91 Å². The van der Waals surface area contributed by atoms with Crippen LogP contribution >= 0.6 is 11.3 Å². The predicted molar refractivity (Wildman–Crippen MR) is 74.5 cm³/mol. The van der Waals surface area contributed by atoms with Crippen LogP contribution in [-0.2, 0) is 6.54 Å². The fourth-order valence-corrected chi connectivity index (χ4v) is 2.31. The van der Waals surface area contributed by atoms with Crippen LogP contribution in [0, 0.1) is 6.92 Å². The molecule has 0 atom stereocenters. The van der Waals surface area contributed by atoms with Crippen LogP contribution in [0.15, 0.2) is 35.0 Å². The normalized spacial score (nSPS) is 10.1. The minimum absolute atomic E-state index is 0.127. The van der Waals surface area contributed by atoms with Crippen molar-refractivity contribution in [2.24, 2.45) is 5.84 Å². The SMILES string of the molecule is Cc1ccc(NN)c(C(=O)NCc2ccsc2)c1. The molecule has 0 fully saturated rings. The van der Waals surface area contributed by atoms with Gasteiger partial charge < -0.3 is 10.7 Å². The number of rotatable bonds is 4. The van der Waals surface area contributed by atoms with Gasteiger partial charge in [-0.25, -0.2) is 0 Å². The number of anilines is 1. The van der Waals surface area contributed by atoms with Gasteiger partial charge >= 0.3 is 0 Å². The Kier molecular flexibility index (Phi) is 3.96. The fourth-order valence-electron chi connectivity index (χ4n) is 1.64. The molecule has 0 radical (unpaired) electrons. The van der Waals surface area contributed by atoms with E-state index in [9.17, 15) is 4.79 Å². The molecule has 4 N–H and O–H groups in total. The third kappa shape index (κ3) is 2.88. The number of hydrogen-bond donors (Lipinski definition) is 3. The van der Waals surface area contributed by atoms with Crippen molar-refractivity contribution in [3.05, 3.63) is 51.7 Å². The summed E-state index contributed by atoms with van der Waals surface area (Å²) in [7, 11) is 0. The van der Waals surface area contributed by atoms with Gasteiger partial charge in [0.2, 0.25) is 0 Å². The van der Waals surface area contributed by atoms with Crippen LogP contribution in [0.25, 0.3) is 0 Å². The van der Waals surface area contributed by atoms with Gasteiger partial charge in [-0.2, -0.15) is 11.3 Å². The van der Waals surface area contributed by atoms with Crippen molar-refractivity contribution in [2.75, 3.05) is 5.43 Å². The minimum atomic E-state index is -0.127. The zero-order chi connectivity index (χ0) is 13.0. The second-order valence-electron chi connectivity index (χ2n) is 4.01. The number of nitrogens with two attached hydrogens (primary N) is 1. The molecule has 94 valence electrons. The zero-order valence-corrected chi connectivity index (χ0v) is 10.9. The highest BCUT2D eigenvalue weighted by Crippen LogP contribution is 2.16. The molecule has 18 heavy (non-hydrogen) atoms. The fraction of sp³-hybridized carbons (Fsp3) is 0.154. The first-order chi connectivity index (χ1) is 8.70. The molecule has 0 saturated carbocycles. The minimum Gasteiger partial charge on any atom is -0.348 e. The van der Waals surface area contributed by atoms with Gasteiger partial charge in [-0.05, 0) is 41.4 Å². The van der Waals surface area contributed by atoms with Gasteiger partial charge in [0.1, 0.15) is 0 Å². The van der Waals surface area contributed by atoms with E-state index in [2.05, 4.69) is 10.7 Å². The smallest absolute Gasteiger partial charge is 0.253 e. The number of hydrogen-bond acceptors (Lipinski definition) is 4. The lowest BCUT2D eigenvalue weighted by Gasteiger charge is -2.10. The van der Waals surface area contributed by atoms with E-state index in [1.165, 1.54) is 0 Å². The molecule has 2 rings (SSSR count). The molecule has 0 unspecified atom stereocenters. The summed E-state index contributed by atoms with van der Waals surface area (Å²) >= 11 is 1.61. The third-order valence-electron chi connectivity index (χ3n) is 2.61. The van der Waals surface area contributed by atoms with Crippen LogP contribution in [-0.4, -0.2) is 5.91 Å². The average Bonchev–Trinajstić information content (AvgIpc) is 2.89. The number of hydrazine groups is 1. The van der Waals surface area contributed by atoms with Gasteiger partial charge in [0.15, 0.2) is 0 Å². The maximum Gasteiger partial charge on any atom is 0.253 e. The molecule has 1 heterocycles. The number of thiophene rings is 1. The standard InChI is InChI=1S/C13H15N3OS/c1-9-2-3-12(16-14)11(6-9)13(17)15-7-10-4-5-18-8-10/h2-6,8,16H,7,14H2,1H3,(H,15,17). The predicted octanol–water partition coefficient (Wildman–Crippen LogP) is 2.27. The second-order valence-corrected chi connectivity index (χ2v) is 4.79. The van der Waals surface area contributed by atoms with E-state index in [0.717, 1.165) is 11.1 Å². The molecule has 2 aromatic rings. The number of aryl methyl sites for hydroxylation is 1. The van der Waals surface area contributed by atoms with Crippen molar-refractivity contribution in [3.63, 3.8) is 0 Å². The summed E-state index contributed by atoms with van der Waals surface area (Å²) in [6, 6.07) is 7.51. The van der Waals surface area contributed by atoms with Gasteiger partial charge in [-0.15, -0.1) is 0 Å². The van der Waals surface area contributed by atoms with Gasteiger partial charge in [0, 0.05) is 6.54 Å². The lowest BCUT2D eigenvalue weighted by Crippen LogP contribution is -2.24. The van der Waals surface area contributed by atoms with Gasteiger partial charge in [-0.3, -0.25) is 10.6 Å². The Morgan fingerprint density at radius 1 is 1.39 bits per heavy atom. The van der Waals surface area contributed by atoms with Crippen LogP contribution in [0.3, 0.4) is 0 Å². The quantitative estimate of drug-likeness (QED) is 0.584. The van der Waals surface area contributed by atoms with Crippen LogP contribution in [0.2, 0.25) is 0 Å². The Balaban J connectivity index is 2.10. The van der Waals surface area contributed by atoms with Gasteiger partial charge in [0.05, 0.1) is 11.3 Å². The lowest BCUT2D eigenvalue weighted by atomic mass is 10.1. The molecule has 0 bridgehead atoms. The van der Waals surface area contributed by atoms with Gasteiger partial charge in [-0.1, -0.05) is 11.6 Å². The number of carbonyl (C=O) groups is 1. The number of carbonyl (C=O) groups excluding carboxylic acids is 1. The Morgan fingerprint density at radius 2 is 2.22 bits per heavy atom. The van der Waals surface area contributed by atoms with Crippen LogP contribution in [0.5, 0.6) is 0 Å². The maximum atomic E-state index is 12.1. The van der Waals surface area contributed by atoms with E-state index in [-0.39, 0.29) is 5.91 Å². The number of nitrogen functional groups attached to an aromatic ring is 1. The number of benzene rings is 1. The highest BCUT2D eigenvalue weighted by atomic mass is 32.1. The van der Waals surface area contributed by atoms with E-state index in [0.29, 0.717) is 17.8 Å². The molecule has 4 nitrogen and oxygen atoms in total. The van der Waals surface area contributed by atoms with Crippen molar-refractivity contribution in [3.8, 4) is 0 Å². The molecule has 0 aliphatic rings. The first kappa shape index (κ1) is 12.6. The summed E-state index contributed by atoms with van der Waals surface area (Å²) in [6.45, 7) is 2.47. The molecular formula is C13H15N3OS. The highest BCUT2D eigenvalue weighted by molar-refractivity contribution is 7.07. The molecule has 0 saturated heterocycles. The van der Waals surface area contributed by atoms with E-state index in [4.69, 9.17) is 5.84 Å². The summed E-state index contributed by atoms with van der Waals surface area (Å²) < 4.78 is 0. The average molecular weight is 261 g/mol. The van der Waals surface area contributed by atoms with Crippen molar-refractivity contribution in [1.82, 2.24) is 5.32 Å². The largest absolute Gasteiger partial charge is 0.348 e. The van der Waals surface area contributed by atoms with E-state index in [1.807, 2.05) is 35.9 Å². The monoisotopic (exact) mass is 261 g/mol. The number of amides is 1. The van der Waals surface area contributed by atoms with Crippen molar-refractivity contribution in [2.45, 2.75) is 13.5 Å². The molecule has 5 heteroatoms. The summed E-state index contributed by atoms with van der Waals surface area (Å²) in [5, 5.41) is 6.88. The molecule has 1 amide bonds. The zero-order valence-electron chi connectivity index (χ0n) is 10.1. The summed E-state index contributed by atoms with van der Waals surface area (Å²) in [5.41, 5.74) is 5.85. The topological polar surface area (TPSA) is 67.1 Å². The Labute approximate surface area is 110 Å². The third-order valence-corrected chi connectivity index (χ3v) is 3.34. The highest BCUT2D eigenvalue weighted by Gasteiger charge is 2.10. The Bertz CT molecular complexity index is 537. The first-order valence-electron chi connectivity index (χ1n) is 5.57. The summed E-state index contributed by atoms with van der Waals surface area (Å²) in [4.78, 5) is 12.1. The summed E-state index contributed by atoms with van der Waals surface area (Å²) in [6.07, 6.45) is 0. The number of nitrogens with one attached hydrogen (secondary N) is 2. The molecule has 0 spiro atoms. The summed E-state index contributed by atoms with van der Waals surface area (Å²) in [5.74, 6) is 5.27. The van der Waals surface area contributed by atoms with Crippen LogP contribution in [0.1, 0.15) is 21.5 Å². The van der Waals surface area contributed by atoms with Crippen molar-refractivity contribution in [1.29, 1.82) is 0 Å². The van der Waals surface area contributed by atoms with Crippen LogP contribution < -0.4 is 16.6 Å². The molecular weight excluding hydrogens is 246 g/mol. The van der Waals surface area contributed by atoms with Crippen molar-refractivity contribution >= 4 is 22.9 Å². The lowest BCUT2D eigenvalue weighted by molar-refractivity contribution is 0.0951. The van der Waals surface area contributed by atoms with Crippen LogP contribution in [0.4, 0.5) is 5.69 Å². The molecule has 1 aromatic carbocycles. The Hall–Kier alpha value is -1.85. The maximum absolute atomic E-state index is 12.1. The van der Waals surface area contributed by atoms with Crippen molar-refractivity contribution < 1.29 is 4.79 Å². The molecule has 0 aliphatic heterocycles. The van der Waals surface area contributed by atoms with E-state index < -0.39 is 0 Å². The Morgan fingerprint density at radius 3 is 2.89 bits per heavy atom. The first-order valence-corrected chi connectivity index (χ1v) is 6.51. The van der Waals surface area contributed by atoms with E-state index >= 15 is 0 Å². The molecule has 1 aromatic heterocycles. The second kappa shape index (κ2) is 5.66. The molecule has 0 aliphatic carbocycles.